The van der Waals surface area contributed by atoms with Crippen LogP contribution in [-0.4, -0.2) is 81.0 Å². The first-order valence-electron chi connectivity index (χ1n) is 10.2. The van der Waals surface area contributed by atoms with Crippen molar-refractivity contribution >= 4 is 28.9 Å². The smallest absolute Gasteiger partial charge is 0.243 e. The molecule has 1 atom stereocenters. The number of anilines is 1. The van der Waals surface area contributed by atoms with Crippen molar-refractivity contribution in [2.24, 2.45) is 4.99 Å². The molecule has 1 unspecified atom stereocenters. The third-order valence-corrected chi connectivity index (χ3v) is 5.80. The van der Waals surface area contributed by atoms with Gasteiger partial charge in [-0.2, -0.15) is 0 Å². The van der Waals surface area contributed by atoms with Gasteiger partial charge in [-0.05, 0) is 18.6 Å². The molecule has 2 aromatic rings. The maximum Gasteiger partial charge on any atom is 0.243 e. The second kappa shape index (κ2) is 12.2. The number of likely N-dealkylation sites (N-methyl/N-ethyl adjacent to an activating group) is 2. The van der Waals surface area contributed by atoms with Crippen molar-refractivity contribution in [2.45, 2.75) is 19.3 Å². The van der Waals surface area contributed by atoms with Gasteiger partial charge in [-0.15, -0.1) is 11.3 Å². The number of aliphatic imine (C=N–C) groups is 1. The second-order valence-corrected chi connectivity index (χ2v) is 8.54. The highest BCUT2D eigenvalue weighted by Gasteiger charge is 2.15. The Morgan fingerprint density at radius 3 is 2.57 bits per heavy atom. The lowest BCUT2D eigenvalue weighted by atomic mass is 10.2. The number of carbonyl (C=O) groups excluding carboxylic acids is 1. The molecule has 0 bridgehead atoms. The largest absolute Gasteiger partial charge is 0.375 e. The summed E-state index contributed by atoms with van der Waals surface area (Å²) >= 11 is 1.67. The van der Waals surface area contributed by atoms with Crippen LogP contribution in [0.5, 0.6) is 0 Å². The zero-order chi connectivity index (χ0) is 21.9. The highest BCUT2D eigenvalue weighted by Crippen LogP contribution is 2.18. The molecule has 0 radical (unpaired) electrons. The van der Waals surface area contributed by atoms with E-state index in [0.29, 0.717) is 0 Å². The highest BCUT2D eigenvalue weighted by atomic mass is 32.1. The zero-order valence-electron chi connectivity index (χ0n) is 18.7. The normalized spacial score (nSPS) is 12.4. The predicted octanol–water partition coefficient (Wildman–Crippen LogP) is 2.74. The lowest BCUT2D eigenvalue weighted by molar-refractivity contribution is -0.127. The second-order valence-electron chi connectivity index (χ2n) is 7.62. The van der Waals surface area contributed by atoms with Crippen LogP contribution < -0.4 is 10.2 Å². The summed E-state index contributed by atoms with van der Waals surface area (Å²) in [5, 5.41) is 6.54. The van der Waals surface area contributed by atoms with Crippen LogP contribution in [0.4, 0.5) is 5.69 Å². The van der Waals surface area contributed by atoms with E-state index >= 15 is 0 Å². The van der Waals surface area contributed by atoms with E-state index in [9.17, 15) is 4.79 Å². The van der Waals surface area contributed by atoms with Gasteiger partial charge in [-0.1, -0.05) is 25.1 Å². The Labute approximate surface area is 184 Å². The van der Waals surface area contributed by atoms with E-state index in [0.717, 1.165) is 37.0 Å². The van der Waals surface area contributed by atoms with Crippen molar-refractivity contribution in [3.8, 4) is 0 Å². The minimum atomic E-state index is -0.0144. The van der Waals surface area contributed by atoms with E-state index in [1.165, 1.54) is 5.69 Å². The average Bonchev–Trinajstić information content (AvgIpc) is 3.28. The maximum atomic E-state index is 12.0. The summed E-state index contributed by atoms with van der Waals surface area (Å²) in [6, 6.07) is 10.4. The number of guanidine groups is 1. The lowest BCUT2D eigenvalue weighted by Crippen LogP contribution is -2.42. The summed E-state index contributed by atoms with van der Waals surface area (Å²) in [4.78, 5) is 26.9. The molecule has 1 N–H and O–H groups in total. The van der Waals surface area contributed by atoms with E-state index in [2.05, 4.69) is 63.3 Å². The van der Waals surface area contributed by atoms with Crippen LogP contribution in [0.3, 0.4) is 0 Å². The Morgan fingerprint density at radius 2 is 1.93 bits per heavy atom. The number of hydrogen-bond donors (Lipinski definition) is 1. The number of benzene rings is 1. The van der Waals surface area contributed by atoms with Crippen molar-refractivity contribution in [3.05, 3.63) is 46.9 Å². The number of thiazole rings is 1. The summed E-state index contributed by atoms with van der Waals surface area (Å²) in [5.74, 6) is 1.02. The summed E-state index contributed by atoms with van der Waals surface area (Å²) < 4.78 is 0. The minimum absolute atomic E-state index is 0.0144. The molecule has 0 aliphatic carbocycles. The van der Waals surface area contributed by atoms with Gasteiger partial charge in [0.25, 0.3) is 0 Å². The van der Waals surface area contributed by atoms with Gasteiger partial charge in [0, 0.05) is 71.0 Å². The molecule has 8 heteroatoms. The molecule has 0 saturated carbocycles. The zero-order valence-corrected chi connectivity index (χ0v) is 19.5. The molecular formula is C22H34N6OS. The molecule has 1 aromatic heterocycles. The third kappa shape index (κ3) is 7.67. The quantitative estimate of drug-likeness (QED) is 0.357. The first-order chi connectivity index (χ1) is 14.4. The number of amides is 1. The lowest BCUT2D eigenvalue weighted by Gasteiger charge is -2.26. The number of nitrogens with one attached hydrogen (secondary N) is 1. The number of para-hydroxylation sites is 1. The Bertz CT molecular complexity index is 778. The fraction of sp³-hybridized carbons (Fsp3) is 0.500. The molecule has 164 valence electrons. The summed E-state index contributed by atoms with van der Waals surface area (Å²) in [5.41, 5.74) is 1.21. The molecule has 1 aromatic carbocycles. The Hall–Kier alpha value is -2.61. The van der Waals surface area contributed by atoms with Crippen molar-refractivity contribution < 1.29 is 4.79 Å². The van der Waals surface area contributed by atoms with Crippen LogP contribution in [0.2, 0.25) is 0 Å². The van der Waals surface area contributed by atoms with E-state index in [4.69, 9.17) is 0 Å². The molecule has 0 saturated heterocycles. The summed E-state index contributed by atoms with van der Waals surface area (Å²) in [6.07, 6.45) is 2.80. The fourth-order valence-electron chi connectivity index (χ4n) is 2.98. The molecule has 0 spiro atoms. The first kappa shape index (κ1) is 23.7. The average molecular weight is 431 g/mol. The number of aromatic nitrogens is 1. The van der Waals surface area contributed by atoms with E-state index in [1.54, 1.807) is 30.3 Å². The summed E-state index contributed by atoms with van der Waals surface area (Å²) in [7, 11) is 7.60. The molecular weight excluding hydrogens is 396 g/mol. The monoisotopic (exact) mass is 430 g/mol. The van der Waals surface area contributed by atoms with Gasteiger partial charge in [0.05, 0.1) is 5.01 Å². The SMILES string of the molecule is CC(CN(C)C(=NCC(=O)N(C)C)NCCCN(C)c1ccccc1)c1nccs1. The molecule has 0 aliphatic heterocycles. The van der Waals surface area contributed by atoms with Gasteiger partial charge >= 0.3 is 0 Å². The van der Waals surface area contributed by atoms with Gasteiger partial charge < -0.3 is 20.0 Å². The minimum Gasteiger partial charge on any atom is -0.375 e. The van der Waals surface area contributed by atoms with Crippen LogP contribution in [-0.2, 0) is 4.79 Å². The highest BCUT2D eigenvalue weighted by molar-refractivity contribution is 7.09. The van der Waals surface area contributed by atoms with Crippen molar-refractivity contribution in [3.63, 3.8) is 0 Å². The standard InChI is InChI=1S/C22H34N6OS/c1-18(21-23-13-15-30-21)17-28(5)22(25-16-20(29)26(2)3)24-12-9-14-27(4)19-10-7-6-8-11-19/h6-8,10-11,13,15,18H,9,12,14,16-17H2,1-5H3,(H,24,25). The fourth-order valence-corrected chi connectivity index (χ4v) is 3.67. The number of hydrogen-bond acceptors (Lipinski definition) is 5. The molecule has 0 aliphatic rings. The third-order valence-electron chi connectivity index (χ3n) is 4.80. The number of rotatable bonds is 10. The molecule has 30 heavy (non-hydrogen) atoms. The number of carbonyl (C=O) groups is 1. The molecule has 7 nitrogen and oxygen atoms in total. The van der Waals surface area contributed by atoms with Gasteiger partial charge in [0.15, 0.2) is 5.96 Å². The number of nitrogens with zero attached hydrogens (tertiary/aromatic N) is 5. The van der Waals surface area contributed by atoms with Crippen molar-refractivity contribution in [1.29, 1.82) is 0 Å². The maximum absolute atomic E-state index is 12.0. The van der Waals surface area contributed by atoms with Crippen molar-refractivity contribution in [2.75, 3.05) is 59.3 Å². The summed E-state index contributed by atoms with van der Waals surface area (Å²) in [6.45, 7) is 4.78. The van der Waals surface area contributed by atoms with E-state index in [-0.39, 0.29) is 18.4 Å². The van der Waals surface area contributed by atoms with Crippen LogP contribution in [0.1, 0.15) is 24.3 Å². The Kier molecular flexibility index (Phi) is 9.60. The Balaban J connectivity index is 1.91. The topological polar surface area (TPSA) is 64.1 Å². The van der Waals surface area contributed by atoms with Crippen molar-refractivity contribution in [1.82, 2.24) is 20.1 Å². The van der Waals surface area contributed by atoms with Gasteiger partial charge in [0.1, 0.15) is 6.54 Å². The molecule has 0 fully saturated rings. The van der Waals surface area contributed by atoms with Crippen LogP contribution >= 0.6 is 11.3 Å². The van der Waals surface area contributed by atoms with Crippen LogP contribution in [0.15, 0.2) is 46.9 Å². The first-order valence-corrected chi connectivity index (χ1v) is 11.1. The Morgan fingerprint density at radius 1 is 1.20 bits per heavy atom. The molecule has 1 amide bonds. The predicted molar refractivity (Wildman–Crippen MR) is 126 cm³/mol. The van der Waals surface area contributed by atoms with Crippen LogP contribution in [0, 0.1) is 0 Å². The van der Waals surface area contributed by atoms with Gasteiger partial charge in [-0.3, -0.25) is 4.79 Å². The van der Waals surface area contributed by atoms with Crippen LogP contribution in [0.25, 0.3) is 0 Å². The molecule has 2 rings (SSSR count). The van der Waals surface area contributed by atoms with E-state index < -0.39 is 0 Å². The van der Waals surface area contributed by atoms with Gasteiger partial charge in [-0.25, -0.2) is 9.98 Å². The molecule has 1 heterocycles. The van der Waals surface area contributed by atoms with Gasteiger partial charge in [0.2, 0.25) is 5.91 Å². The van der Waals surface area contributed by atoms with E-state index in [1.807, 2.05) is 24.7 Å².